The fourth-order valence-corrected chi connectivity index (χ4v) is 0.889. The molecule has 0 saturated heterocycles. The molecule has 0 saturated carbocycles. The highest BCUT2D eigenvalue weighted by Crippen LogP contribution is 2.18. The molecule has 0 amide bonds. The third kappa shape index (κ3) is 1.84. The molecule has 66 valence electrons. The maximum atomic E-state index is 5.26. The van der Waals surface area contributed by atoms with Crippen LogP contribution in [0.5, 0.6) is 11.8 Å². The van der Waals surface area contributed by atoms with E-state index in [-0.39, 0.29) is 6.08 Å². The van der Waals surface area contributed by atoms with Gasteiger partial charge in [0.2, 0.25) is 0 Å². The van der Waals surface area contributed by atoms with Gasteiger partial charge in [0.15, 0.2) is 5.75 Å². The molecule has 2 aromatic heterocycles. The van der Waals surface area contributed by atoms with Gasteiger partial charge in [0.05, 0.1) is 12.4 Å². The molecule has 4 heteroatoms. The van der Waals surface area contributed by atoms with Crippen LogP contribution in [0.3, 0.4) is 0 Å². The lowest BCUT2D eigenvalue weighted by Gasteiger charge is -1.97. The molecule has 2 aromatic rings. The molecular weight excluding hydrogens is 168 g/mol. The number of oxazole rings is 1. The summed E-state index contributed by atoms with van der Waals surface area (Å²) in [6.07, 6.45) is 5.12. The first kappa shape index (κ1) is 7.79. The first-order chi connectivity index (χ1) is 6.34. The Balaban J connectivity index is 2.15. The highest BCUT2D eigenvalue weighted by Gasteiger charge is 2.02. The predicted octanol–water partition coefficient (Wildman–Crippen LogP) is 2.17. The Morgan fingerprint density at radius 1 is 1.38 bits per heavy atom. The van der Waals surface area contributed by atoms with Crippen LogP contribution in [-0.2, 0) is 0 Å². The first-order valence-electron chi connectivity index (χ1n) is 3.85. The summed E-state index contributed by atoms with van der Waals surface area (Å²) in [4.78, 5) is 7.79. The molecule has 0 fully saturated rings. The Kier molecular flexibility index (Phi) is 1.96. The average Bonchev–Trinajstić information content (AvgIpc) is 2.53. The number of hydrogen-bond acceptors (Lipinski definition) is 4. The van der Waals surface area contributed by atoms with Crippen molar-refractivity contribution in [3.05, 3.63) is 36.5 Å². The smallest absolute Gasteiger partial charge is 0.399 e. The number of ether oxygens (including phenoxy) is 1. The molecule has 0 radical (unpaired) electrons. The topological polar surface area (TPSA) is 48.2 Å². The zero-order chi connectivity index (χ0) is 9.10. The fourth-order valence-electron chi connectivity index (χ4n) is 0.889. The van der Waals surface area contributed by atoms with Crippen LogP contribution in [-0.4, -0.2) is 9.97 Å². The van der Waals surface area contributed by atoms with Gasteiger partial charge in [-0.15, -0.1) is 0 Å². The quantitative estimate of drug-likeness (QED) is 0.703. The zero-order valence-corrected chi connectivity index (χ0v) is 7.10. The summed E-state index contributed by atoms with van der Waals surface area (Å²) >= 11 is 0. The lowest BCUT2D eigenvalue weighted by Crippen LogP contribution is -1.83. The van der Waals surface area contributed by atoms with Crippen LogP contribution in [0.15, 0.2) is 35.1 Å². The minimum absolute atomic E-state index is 0.241. The van der Waals surface area contributed by atoms with Crippen LogP contribution in [0.25, 0.3) is 0 Å². The van der Waals surface area contributed by atoms with E-state index in [4.69, 9.17) is 9.15 Å². The van der Waals surface area contributed by atoms with E-state index < -0.39 is 0 Å². The lowest BCUT2D eigenvalue weighted by molar-refractivity contribution is 0.322. The number of rotatable bonds is 2. The third-order valence-electron chi connectivity index (χ3n) is 1.44. The van der Waals surface area contributed by atoms with Gasteiger partial charge in [0.1, 0.15) is 5.76 Å². The van der Waals surface area contributed by atoms with E-state index in [1.807, 2.05) is 6.92 Å². The number of pyridine rings is 1. The Morgan fingerprint density at radius 3 is 2.92 bits per heavy atom. The standard InChI is InChI=1S/C9H8N2O2/c1-7-5-11-9(12-7)13-8-3-2-4-10-6-8/h2-6H,1H3. The summed E-state index contributed by atoms with van der Waals surface area (Å²) < 4.78 is 10.4. The van der Waals surface area contributed by atoms with E-state index in [9.17, 15) is 0 Å². The third-order valence-corrected chi connectivity index (χ3v) is 1.44. The van der Waals surface area contributed by atoms with Crippen molar-refractivity contribution in [1.29, 1.82) is 0 Å². The molecule has 2 heterocycles. The van der Waals surface area contributed by atoms with Gasteiger partial charge in [-0.05, 0) is 19.1 Å². The van der Waals surface area contributed by atoms with Gasteiger partial charge in [0, 0.05) is 6.20 Å². The van der Waals surface area contributed by atoms with Gasteiger partial charge in [-0.25, -0.2) is 0 Å². The molecule has 0 unspecified atom stereocenters. The van der Waals surface area contributed by atoms with E-state index in [0.29, 0.717) is 5.75 Å². The van der Waals surface area contributed by atoms with Crippen molar-refractivity contribution < 1.29 is 9.15 Å². The molecule has 0 aromatic carbocycles. The summed E-state index contributed by atoms with van der Waals surface area (Å²) in [6.45, 7) is 1.81. The maximum Gasteiger partial charge on any atom is 0.399 e. The van der Waals surface area contributed by atoms with Crippen molar-refractivity contribution in [3.8, 4) is 11.8 Å². The Morgan fingerprint density at radius 2 is 2.31 bits per heavy atom. The normalized spacial score (nSPS) is 9.92. The average molecular weight is 176 g/mol. The van der Waals surface area contributed by atoms with Gasteiger partial charge in [-0.1, -0.05) is 0 Å². The Labute approximate surface area is 75.2 Å². The predicted molar refractivity (Wildman–Crippen MR) is 45.6 cm³/mol. The number of aromatic nitrogens is 2. The van der Waals surface area contributed by atoms with Crippen LogP contribution in [0, 0.1) is 6.92 Å². The summed E-state index contributed by atoms with van der Waals surface area (Å²) in [5.74, 6) is 1.34. The summed E-state index contributed by atoms with van der Waals surface area (Å²) in [5, 5.41) is 0. The van der Waals surface area contributed by atoms with Crippen molar-refractivity contribution in [2.75, 3.05) is 0 Å². The van der Waals surface area contributed by atoms with E-state index >= 15 is 0 Å². The summed E-state index contributed by atoms with van der Waals surface area (Å²) in [5.41, 5.74) is 0. The Bertz CT molecular complexity index is 384. The van der Waals surface area contributed by atoms with E-state index in [2.05, 4.69) is 9.97 Å². The van der Waals surface area contributed by atoms with Crippen LogP contribution in [0.2, 0.25) is 0 Å². The van der Waals surface area contributed by atoms with Crippen molar-refractivity contribution >= 4 is 0 Å². The molecular formula is C9H8N2O2. The van der Waals surface area contributed by atoms with Crippen LogP contribution in [0.1, 0.15) is 5.76 Å². The minimum Gasteiger partial charge on any atom is -0.414 e. The zero-order valence-electron chi connectivity index (χ0n) is 7.10. The molecule has 2 rings (SSSR count). The van der Waals surface area contributed by atoms with E-state index in [1.54, 1.807) is 30.7 Å². The van der Waals surface area contributed by atoms with Crippen LogP contribution < -0.4 is 4.74 Å². The molecule has 0 bridgehead atoms. The second-order valence-corrected chi connectivity index (χ2v) is 2.53. The molecule has 0 spiro atoms. The lowest BCUT2D eigenvalue weighted by atomic mass is 10.5. The molecule has 13 heavy (non-hydrogen) atoms. The highest BCUT2D eigenvalue weighted by molar-refractivity contribution is 5.18. The van der Waals surface area contributed by atoms with Gasteiger partial charge in [0.25, 0.3) is 0 Å². The second kappa shape index (κ2) is 3.26. The van der Waals surface area contributed by atoms with E-state index in [0.717, 1.165) is 5.76 Å². The summed E-state index contributed by atoms with van der Waals surface area (Å²) in [7, 11) is 0. The second-order valence-electron chi connectivity index (χ2n) is 2.53. The SMILES string of the molecule is Cc1cnc(Oc2cccnc2)o1. The fraction of sp³-hybridized carbons (Fsp3) is 0.111. The molecule has 0 aliphatic carbocycles. The van der Waals surface area contributed by atoms with E-state index in [1.165, 1.54) is 0 Å². The van der Waals surface area contributed by atoms with Gasteiger partial charge in [-0.2, -0.15) is 4.98 Å². The highest BCUT2D eigenvalue weighted by atomic mass is 16.6. The van der Waals surface area contributed by atoms with Gasteiger partial charge >= 0.3 is 6.08 Å². The number of hydrogen-bond donors (Lipinski definition) is 0. The maximum absolute atomic E-state index is 5.26. The number of nitrogens with zero attached hydrogens (tertiary/aromatic N) is 2. The molecule has 0 atom stereocenters. The van der Waals surface area contributed by atoms with Crippen LogP contribution >= 0.6 is 0 Å². The van der Waals surface area contributed by atoms with Gasteiger partial charge in [-0.3, -0.25) is 4.98 Å². The van der Waals surface area contributed by atoms with Gasteiger partial charge < -0.3 is 9.15 Å². The van der Waals surface area contributed by atoms with Crippen molar-refractivity contribution in [2.24, 2.45) is 0 Å². The molecule has 0 aliphatic rings. The largest absolute Gasteiger partial charge is 0.414 e. The molecule has 0 N–H and O–H groups in total. The van der Waals surface area contributed by atoms with Crippen LogP contribution in [0.4, 0.5) is 0 Å². The van der Waals surface area contributed by atoms with Crippen molar-refractivity contribution in [2.45, 2.75) is 6.92 Å². The molecule has 0 aliphatic heterocycles. The number of aryl methyl sites for hydroxylation is 1. The molecule has 4 nitrogen and oxygen atoms in total. The van der Waals surface area contributed by atoms with Crippen molar-refractivity contribution in [1.82, 2.24) is 9.97 Å². The first-order valence-corrected chi connectivity index (χ1v) is 3.85. The Hall–Kier alpha value is -1.84. The van der Waals surface area contributed by atoms with Crippen molar-refractivity contribution in [3.63, 3.8) is 0 Å². The summed E-state index contributed by atoms with van der Waals surface area (Å²) in [6, 6.07) is 3.57. The minimum atomic E-state index is 0.241. The monoisotopic (exact) mass is 176 g/mol.